The monoisotopic (exact) mass is 973 g/mol. The molecule has 6 nitrogen and oxygen atoms in total. The zero-order valence-electron chi connectivity index (χ0n) is 44.6. The summed E-state index contributed by atoms with van der Waals surface area (Å²) in [4.78, 5) is 38.1. The normalized spacial score (nSPS) is 13.6. The number of unbranched alkanes of at least 4 members (excludes halogenated alkanes) is 17. The van der Waals surface area contributed by atoms with Crippen LogP contribution in [-0.2, 0) is 28.6 Å². The van der Waals surface area contributed by atoms with Crippen molar-refractivity contribution in [2.75, 3.05) is 13.2 Å². The number of carbonyl (C=O) groups excluding carboxylic acids is 3. The molecule has 1 unspecified atom stereocenters. The van der Waals surface area contributed by atoms with Crippen molar-refractivity contribution < 1.29 is 28.6 Å². The Morgan fingerprint density at radius 2 is 0.563 bits per heavy atom. The summed E-state index contributed by atoms with van der Waals surface area (Å²) >= 11 is 0. The van der Waals surface area contributed by atoms with Gasteiger partial charge in [-0.15, -0.1) is 0 Å². The van der Waals surface area contributed by atoms with E-state index in [2.05, 4.69) is 57.2 Å². The van der Waals surface area contributed by atoms with Crippen LogP contribution in [0, 0.1) is 0 Å². The molecule has 0 aliphatic rings. The second-order valence-electron chi connectivity index (χ2n) is 17.4. The summed E-state index contributed by atoms with van der Waals surface area (Å²) < 4.78 is 16.8. The van der Waals surface area contributed by atoms with E-state index >= 15 is 0 Å². The van der Waals surface area contributed by atoms with Crippen molar-refractivity contribution in [3.05, 3.63) is 182 Å². The van der Waals surface area contributed by atoms with Crippen LogP contribution in [0.2, 0.25) is 0 Å². The highest BCUT2D eigenvalue weighted by molar-refractivity contribution is 5.71. The highest BCUT2D eigenvalue weighted by Gasteiger charge is 2.19. The largest absolute Gasteiger partial charge is 0.462 e. The van der Waals surface area contributed by atoms with Gasteiger partial charge in [0, 0.05) is 19.3 Å². The van der Waals surface area contributed by atoms with Gasteiger partial charge >= 0.3 is 17.9 Å². The molecule has 392 valence electrons. The van der Waals surface area contributed by atoms with Crippen LogP contribution in [0.1, 0.15) is 188 Å². The minimum absolute atomic E-state index is 0.124. The average molecular weight is 973 g/mol. The number of carbonyl (C=O) groups is 3. The molecule has 0 spiro atoms. The fourth-order valence-corrected chi connectivity index (χ4v) is 6.70. The maximum Gasteiger partial charge on any atom is 0.306 e. The van der Waals surface area contributed by atoms with Gasteiger partial charge in [-0.25, -0.2) is 0 Å². The van der Waals surface area contributed by atoms with Crippen LogP contribution in [0.4, 0.5) is 0 Å². The van der Waals surface area contributed by atoms with Gasteiger partial charge in [-0.3, -0.25) is 14.4 Å². The second-order valence-corrected chi connectivity index (χ2v) is 17.4. The number of hydrogen-bond acceptors (Lipinski definition) is 6. The Kier molecular flexibility index (Phi) is 52.7. The van der Waals surface area contributed by atoms with Gasteiger partial charge in [0.25, 0.3) is 0 Å². The van der Waals surface area contributed by atoms with Crippen molar-refractivity contribution in [3.63, 3.8) is 0 Å². The molecule has 0 aromatic heterocycles. The first-order valence-electron chi connectivity index (χ1n) is 27.5. The first-order valence-corrected chi connectivity index (χ1v) is 27.5. The molecular weight excluding hydrogens is 877 g/mol. The lowest BCUT2D eigenvalue weighted by Gasteiger charge is -2.18. The Morgan fingerprint density at radius 1 is 0.296 bits per heavy atom. The maximum atomic E-state index is 12.8. The molecule has 0 aromatic rings. The van der Waals surface area contributed by atoms with E-state index in [1.165, 1.54) is 64.2 Å². The van der Waals surface area contributed by atoms with E-state index in [-0.39, 0.29) is 44.0 Å². The van der Waals surface area contributed by atoms with E-state index in [1.807, 2.05) is 146 Å². The van der Waals surface area contributed by atoms with Crippen molar-refractivity contribution in [3.8, 4) is 0 Å². The van der Waals surface area contributed by atoms with Gasteiger partial charge in [-0.05, 0) is 83.5 Å². The predicted octanol–water partition coefficient (Wildman–Crippen LogP) is 18.5. The van der Waals surface area contributed by atoms with Crippen LogP contribution >= 0.6 is 0 Å². The maximum absolute atomic E-state index is 12.8. The SMILES string of the molecule is CC\C=C/C=C\C=C/C=C\C=C\C=C/C=C\CCCCCC(=O)OCC(COC(=O)CCCCCCCCC/C=C\CCCCCC)OC(=O)CCCCC\C=C/C=C\C=C\C=C/C=C\C=C/C=C\CC. The molecule has 0 fully saturated rings. The van der Waals surface area contributed by atoms with E-state index in [1.54, 1.807) is 0 Å². The van der Waals surface area contributed by atoms with Gasteiger partial charge in [0.05, 0.1) is 0 Å². The van der Waals surface area contributed by atoms with Gasteiger partial charge in [-0.1, -0.05) is 267 Å². The fourth-order valence-electron chi connectivity index (χ4n) is 6.70. The van der Waals surface area contributed by atoms with Crippen molar-refractivity contribution in [2.45, 2.75) is 194 Å². The molecule has 0 radical (unpaired) electrons. The number of esters is 3. The quantitative estimate of drug-likeness (QED) is 0.0199. The van der Waals surface area contributed by atoms with Crippen LogP contribution < -0.4 is 0 Å². The van der Waals surface area contributed by atoms with Gasteiger partial charge in [-0.2, -0.15) is 0 Å². The molecule has 1 atom stereocenters. The summed E-state index contributed by atoms with van der Waals surface area (Å²) in [5, 5.41) is 0. The van der Waals surface area contributed by atoms with Gasteiger partial charge in [0.2, 0.25) is 0 Å². The summed E-state index contributed by atoms with van der Waals surface area (Å²) in [6.07, 6.45) is 85.7. The van der Waals surface area contributed by atoms with Crippen LogP contribution in [-0.4, -0.2) is 37.2 Å². The van der Waals surface area contributed by atoms with E-state index in [0.29, 0.717) is 19.3 Å². The Hall–Kier alpha value is -5.49. The first kappa shape index (κ1) is 65.5. The Morgan fingerprint density at radius 3 is 0.915 bits per heavy atom. The molecule has 71 heavy (non-hydrogen) atoms. The van der Waals surface area contributed by atoms with Crippen molar-refractivity contribution in [1.29, 1.82) is 0 Å². The number of allylic oxidation sites excluding steroid dienone is 30. The molecular formula is C65H96O6. The summed E-state index contributed by atoms with van der Waals surface area (Å²) in [6, 6.07) is 0. The Bertz CT molecular complexity index is 1730. The molecule has 0 heterocycles. The van der Waals surface area contributed by atoms with Gasteiger partial charge in [0.1, 0.15) is 13.2 Å². The Labute approximate surface area is 434 Å². The van der Waals surface area contributed by atoms with Gasteiger partial charge in [0.15, 0.2) is 6.10 Å². The average Bonchev–Trinajstić information content (AvgIpc) is 3.37. The highest BCUT2D eigenvalue weighted by atomic mass is 16.6. The zero-order chi connectivity index (χ0) is 51.4. The predicted molar refractivity (Wildman–Crippen MR) is 306 cm³/mol. The van der Waals surface area contributed by atoms with Crippen LogP contribution in [0.5, 0.6) is 0 Å². The molecule has 0 rings (SSSR count). The van der Waals surface area contributed by atoms with Gasteiger partial charge < -0.3 is 14.2 Å². The number of hydrogen-bond donors (Lipinski definition) is 0. The van der Waals surface area contributed by atoms with Crippen LogP contribution in [0.25, 0.3) is 0 Å². The van der Waals surface area contributed by atoms with E-state index in [0.717, 1.165) is 70.6 Å². The topological polar surface area (TPSA) is 78.9 Å². The minimum Gasteiger partial charge on any atom is -0.462 e. The Balaban J connectivity index is 4.66. The number of ether oxygens (including phenoxy) is 3. The molecule has 0 amide bonds. The zero-order valence-corrected chi connectivity index (χ0v) is 44.6. The van der Waals surface area contributed by atoms with Crippen LogP contribution in [0.15, 0.2) is 182 Å². The third kappa shape index (κ3) is 55.3. The van der Waals surface area contributed by atoms with E-state index in [9.17, 15) is 14.4 Å². The summed E-state index contributed by atoms with van der Waals surface area (Å²) in [5.74, 6) is -1.03. The van der Waals surface area contributed by atoms with E-state index in [4.69, 9.17) is 14.2 Å². The lowest BCUT2D eigenvalue weighted by atomic mass is 10.1. The molecule has 0 saturated heterocycles. The lowest BCUT2D eigenvalue weighted by Crippen LogP contribution is -2.30. The lowest BCUT2D eigenvalue weighted by molar-refractivity contribution is -0.167. The summed E-state index contributed by atoms with van der Waals surface area (Å²) in [5.41, 5.74) is 0. The third-order valence-electron chi connectivity index (χ3n) is 10.8. The smallest absolute Gasteiger partial charge is 0.306 e. The molecule has 0 bridgehead atoms. The highest BCUT2D eigenvalue weighted by Crippen LogP contribution is 2.13. The minimum atomic E-state index is -0.835. The number of rotatable bonds is 46. The fraction of sp³-hybridized carbons (Fsp3) is 0.492. The standard InChI is InChI=1S/C65H96O6/c1-4-7-10-13-16-19-22-25-28-30-32-34-37-40-43-46-49-52-55-58-64(67)70-61-62(60-69-63(66)57-54-51-48-45-42-39-36-27-24-21-18-15-12-9-6-3)71-65(68)59-56-53-50-47-44-41-38-35-33-31-29-26-23-20-17-14-11-8-5-2/h7-8,10-11,13-14,16-17,19-26,28-35,37-38,40-41,43-44,62H,4-6,9,12,15,18,27,36,39,42,45-61H2,1-3H3/b10-7-,11-8-,16-13-,17-14-,22-19-,23-20-,24-21-,28-25-,29-26-,32-30+,33-31+,37-34-,38-35-,43-40-,44-41-. The molecule has 0 aromatic carbocycles. The molecule has 6 heteroatoms. The second kappa shape index (κ2) is 57.1. The summed E-state index contributed by atoms with van der Waals surface area (Å²) in [6.45, 7) is 6.22. The molecule has 0 N–H and O–H groups in total. The molecule has 0 aliphatic carbocycles. The molecule has 0 saturated carbocycles. The summed E-state index contributed by atoms with van der Waals surface area (Å²) in [7, 11) is 0. The van der Waals surface area contributed by atoms with Crippen molar-refractivity contribution in [1.82, 2.24) is 0 Å². The van der Waals surface area contributed by atoms with E-state index < -0.39 is 6.10 Å². The first-order chi connectivity index (χ1) is 35.0. The molecule has 0 aliphatic heterocycles. The van der Waals surface area contributed by atoms with Crippen LogP contribution in [0.3, 0.4) is 0 Å². The van der Waals surface area contributed by atoms with Crippen molar-refractivity contribution >= 4 is 17.9 Å². The third-order valence-corrected chi connectivity index (χ3v) is 10.8. The van der Waals surface area contributed by atoms with Crippen molar-refractivity contribution in [2.24, 2.45) is 0 Å².